The van der Waals surface area contributed by atoms with E-state index in [0.29, 0.717) is 23.2 Å². The molecule has 4 rings (SSSR count). The van der Waals surface area contributed by atoms with Gasteiger partial charge in [-0.05, 0) is 31.4 Å². The Morgan fingerprint density at radius 3 is 3.10 bits per heavy atom. The molecule has 1 amide bonds. The molecule has 2 aromatic rings. The Bertz CT molecular complexity index is 759. The number of nitrogens with one attached hydrogen (secondary N) is 2. The zero-order chi connectivity index (χ0) is 14.4. The van der Waals surface area contributed by atoms with Crippen LogP contribution in [0.25, 0.3) is 5.52 Å². The molecule has 6 heteroatoms. The Morgan fingerprint density at radius 1 is 1.48 bits per heavy atom. The minimum absolute atomic E-state index is 0.150. The summed E-state index contributed by atoms with van der Waals surface area (Å²) in [6, 6.07) is 4.43. The number of hydrogen-bond acceptors (Lipinski definition) is 4. The molecule has 1 aliphatic carbocycles. The van der Waals surface area contributed by atoms with Crippen molar-refractivity contribution in [2.45, 2.75) is 24.9 Å². The van der Waals surface area contributed by atoms with Gasteiger partial charge < -0.3 is 15.0 Å². The van der Waals surface area contributed by atoms with Crippen LogP contribution in [0.2, 0.25) is 0 Å². The van der Waals surface area contributed by atoms with E-state index < -0.39 is 0 Å². The van der Waals surface area contributed by atoms with Crippen molar-refractivity contribution in [3.8, 4) is 6.07 Å². The molecule has 2 bridgehead atoms. The lowest BCUT2D eigenvalue weighted by Gasteiger charge is -2.23. The maximum Gasteiger partial charge on any atom is 0.271 e. The Kier molecular flexibility index (Phi) is 2.69. The summed E-state index contributed by atoms with van der Waals surface area (Å²) in [6.45, 7) is 1.07. The zero-order valence-corrected chi connectivity index (χ0v) is 11.4. The van der Waals surface area contributed by atoms with E-state index in [9.17, 15) is 4.79 Å². The third-order valence-electron chi connectivity index (χ3n) is 4.48. The molecule has 2 fully saturated rings. The smallest absolute Gasteiger partial charge is 0.271 e. The molecule has 0 radical (unpaired) electrons. The molecular formula is C15H15N5O. The predicted molar refractivity (Wildman–Crippen MR) is 75.7 cm³/mol. The Labute approximate surface area is 121 Å². The van der Waals surface area contributed by atoms with Crippen molar-refractivity contribution in [2.24, 2.45) is 5.92 Å². The second-order valence-corrected chi connectivity index (χ2v) is 5.88. The molecule has 6 nitrogen and oxygen atoms in total. The highest BCUT2D eigenvalue weighted by atomic mass is 16.2. The molecule has 2 aliphatic rings. The highest BCUT2D eigenvalue weighted by Crippen LogP contribution is 2.31. The highest BCUT2D eigenvalue weighted by Gasteiger charge is 2.40. The summed E-state index contributed by atoms with van der Waals surface area (Å²) >= 11 is 0. The number of nitriles is 1. The number of nitrogens with zero attached hydrogens (tertiary/aromatic N) is 3. The molecule has 0 aromatic carbocycles. The number of piperidine rings is 1. The SMILES string of the molecule is N#Cc1cc2cnc(C(=O)NC3CC4CNC3C4)cn2c1. The van der Waals surface area contributed by atoms with Gasteiger partial charge in [0.25, 0.3) is 5.91 Å². The van der Waals surface area contributed by atoms with Gasteiger partial charge in [0.1, 0.15) is 11.8 Å². The van der Waals surface area contributed by atoms with Crippen LogP contribution in [-0.2, 0) is 0 Å². The molecule has 3 unspecified atom stereocenters. The number of amides is 1. The first-order valence-electron chi connectivity index (χ1n) is 7.15. The van der Waals surface area contributed by atoms with Gasteiger partial charge in [-0.3, -0.25) is 4.79 Å². The van der Waals surface area contributed by atoms with Crippen LogP contribution in [0.4, 0.5) is 0 Å². The van der Waals surface area contributed by atoms with Crippen LogP contribution >= 0.6 is 0 Å². The van der Waals surface area contributed by atoms with Crippen LogP contribution in [0.3, 0.4) is 0 Å². The number of rotatable bonds is 2. The van der Waals surface area contributed by atoms with Crippen LogP contribution in [-0.4, -0.2) is 33.9 Å². The fourth-order valence-corrected chi connectivity index (χ4v) is 3.45. The van der Waals surface area contributed by atoms with E-state index in [0.717, 1.165) is 24.9 Å². The van der Waals surface area contributed by atoms with Crippen molar-refractivity contribution < 1.29 is 4.79 Å². The summed E-state index contributed by atoms with van der Waals surface area (Å²) in [6.07, 6.45) is 7.20. The first kappa shape index (κ1) is 12.4. The lowest BCUT2D eigenvalue weighted by atomic mass is 10.1. The summed E-state index contributed by atoms with van der Waals surface area (Å²) in [5.41, 5.74) is 1.75. The molecule has 2 aromatic heterocycles. The molecule has 1 saturated carbocycles. The number of fused-ring (bicyclic) bond motifs is 3. The lowest BCUT2D eigenvalue weighted by molar-refractivity contribution is 0.0923. The first-order chi connectivity index (χ1) is 10.2. The molecule has 3 heterocycles. The minimum atomic E-state index is -0.150. The molecule has 106 valence electrons. The van der Waals surface area contributed by atoms with E-state index in [1.807, 2.05) is 0 Å². The van der Waals surface area contributed by atoms with E-state index >= 15 is 0 Å². The quantitative estimate of drug-likeness (QED) is 0.848. The fourth-order valence-electron chi connectivity index (χ4n) is 3.45. The predicted octanol–water partition coefficient (Wildman–Crippen LogP) is 0.686. The van der Waals surface area contributed by atoms with E-state index in [1.54, 1.807) is 29.1 Å². The molecule has 1 saturated heterocycles. The molecule has 3 atom stereocenters. The topological polar surface area (TPSA) is 82.2 Å². The van der Waals surface area contributed by atoms with Gasteiger partial charge in [-0.1, -0.05) is 0 Å². The monoisotopic (exact) mass is 281 g/mol. The standard InChI is InChI=1S/C15H15N5O/c16-4-10-1-11-6-18-14(8-20(11)7-10)15(21)19-13-3-9-2-12(13)17-5-9/h1,6-9,12-13,17H,2-3,5H2,(H,19,21). The second-order valence-electron chi connectivity index (χ2n) is 5.88. The minimum Gasteiger partial charge on any atom is -0.346 e. The van der Waals surface area contributed by atoms with Crippen molar-refractivity contribution in [1.82, 2.24) is 20.0 Å². The molecular weight excluding hydrogens is 266 g/mol. The van der Waals surface area contributed by atoms with Crippen LogP contribution in [0.5, 0.6) is 0 Å². The Hall–Kier alpha value is -2.39. The molecule has 0 spiro atoms. The normalized spacial score (nSPS) is 26.9. The van der Waals surface area contributed by atoms with Gasteiger partial charge in [0.2, 0.25) is 0 Å². The van der Waals surface area contributed by atoms with E-state index in [-0.39, 0.29) is 11.9 Å². The molecule has 21 heavy (non-hydrogen) atoms. The van der Waals surface area contributed by atoms with Crippen molar-refractivity contribution in [3.05, 3.63) is 35.9 Å². The number of carbonyl (C=O) groups is 1. The van der Waals surface area contributed by atoms with E-state index in [4.69, 9.17) is 5.26 Å². The van der Waals surface area contributed by atoms with Gasteiger partial charge in [0.15, 0.2) is 0 Å². The van der Waals surface area contributed by atoms with Gasteiger partial charge in [0.05, 0.1) is 17.3 Å². The Morgan fingerprint density at radius 2 is 2.38 bits per heavy atom. The van der Waals surface area contributed by atoms with Crippen LogP contribution in [0.15, 0.2) is 24.7 Å². The van der Waals surface area contributed by atoms with E-state index in [2.05, 4.69) is 21.7 Å². The average molecular weight is 281 g/mol. The van der Waals surface area contributed by atoms with Crippen molar-refractivity contribution in [3.63, 3.8) is 0 Å². The van der Waals surface area contributed by atoms with Gasteiger partial charge in [-0.2, -0.15) is 5.26 Å². The van der Waals surface area contributed by atoms with Crippen molar-refractivity contribution in [2.75, 3.05) is 6.54 Å². The maximum atomic E-state index is 12.3. The Balaban J connectivity index is 1.55. The van der Waals surface area contributed by atoms with Crippen LogP contribution in [0.1, 0.15) is 28.9 Å². The second kappa shape index (κ2) is 4.57. The summed E-state index contributed by atoms with van der Waals surface area (Å²) < 4.78 is 1.76. The van der Waals surface area contributed by atoms with Crippen molar-refractivity contribution >= 4 is 11.4 Å². The third kappa shape index (κ3) is 2.06. The number of carbonyl (C=O) groups excluding carboxylic acids is 1. The number of aromatic nitrogens is 2. The van der Waals surface area contributed by atoms with Gasteiger partial charge >= 0.3 is 0 Å². The molecule has 1 aliphatic heterocycles. The van der Waals surface area contributed by atoms with Crippen LogP contribution in [0, 0.1) is 17.2 Å². The lowest BCUT2D eigenvalue weighted by Crippen LogP contribution is -2.48. The fraction of sp³-hybridized carbons (Fsp3) is 0.400. The third-order valence-corrected chi connectivity index (χ3v) is 4.48. The summed E-state index contributed by atoms with van der Waals surface area (Å²) in [4.78, 5) is 16.5. The molecule has 2 N–H and O–H groups in total. The summed E-state index contributed by atoms with van der Waals surface area (Å²) in [7, 11) is 0. The van der Waals surface area contributed by atoms with Gasteiger partial charge in [0, 0.05) is 24.5 Å². The van der Waals surface area contributed by atoms with Crippen LogP contribution < -0.4 is 10.6 Å². The largest absolute Gasteiger partial charge is 0.346 e. The highest BCUT2D eigenvalue weighted by molar-refractivity contribution is 5.92. The van der Waals surface area contributed by atoms with Crippen molar-refractivity contribution in [1.29, 1.82) is 5.26 Å². The van der Waals surface area contributed by atoms with E-state index in [1.165, 1.54) is 0 Å². The summed E-state index contributed by atoms with van der Waals surface area (Å²) in [5.74, 6) is 0.543. The van der Waals surface area contributed by atoms with Gasteiger partial charge in [-0.25, -0.2) is 4.98 Å². The zero-order valence-electron chi connectivity index (χ0n) is 11.4. The average Bonchev–Trinajstić information content (AvgIpc) is 3.20. The number of hydrogen-bond donors (Lipinski definition) is 2. The van der Waals surface area contributed by atoms with Gasteiger partial charge in [-0.15, -0.1) is 0 Å². The maximum absolute atomic E-state index is 12.3. The summed E-state index contributed by atoms with van der Waals surface area (Å²) in [5, 5.41) is 15.4. The first-order valence-corrected chi connectivity index (χ1v) is 7.15.